The summed E-state index contributed by atoms with van der Waals surface area (Å²) in [4.78, 5) is 4.27. The average molecular weight is 434 g/mol. The van der Waals surface area contributed by atoms with E-state index in [2.05, 4.69) is 37.3 Å². The number of rotatable bonds is 8. The predicted octanol–water partition coefficient (Wildman–Crippen LogP) is 2.59. The minimum Gasteiger partial charge on any atom is -0.356 e. The van der Waals surface area contributed by atoms with Crippen LogP contribution in [0.3, 0.4) is 0 Å². The molecule has 0 aliphatic heterocycles. The van der Waals surface area contributed by atoms with E-state index in [0.29, 0.717) is 0 Å². The van der Waals surface area contributed by atoms with Crippen molar-refractivity contribution in [2.45, 2.75) is 58.4 Å². The third kappa shape index (κ3) is 7.05. The van der Waals surface area contributed by atoms with E-state index in [1.807, 2.05) is 7.05 Å². The zero-order valence-electron chi connectivity index (χ0n) is 14.4. The van der Waals surface area contributed by atoms with Crippen molar-refractivity contribution >= 4 is 29.9 Å². The summed E-state index contributed by atoms with van der Waals surface area (Å²) < 4.78 is 2.08. The normalized spacial score (nSPS) is 15.5. The van der Waals surface area contributed by atoms with Crippen molar-refractivity contribution in [3.8, 4) is 0 Å². The quantitative estimate of drug-likeness (QED) is 0.286. The van der Waals surface area contributed by atoms with Gasteiger partial charge in [-0.15, -0.1) is 34.2 Å². The smallest absolute Gasteiger partial charge is 0.191 e. The zero-order chi connectivity index (χ0) is 15.6. The summed E-state index contributed by atoms with van der Waals surface area (Å²) in [6.07, 6.45) is 11.0. The van der Waals surface area contributed by atoms with Crippen LogP contribution >= 0.6 is 24.0 Å². The zero-order valence-corrected chi connectivity index (χ0v) is 16.8. The van der Waals surface area contributed by atoms with Gasteiger partial charge in [0.15, 0.2) is 5.96 Å². The van der Waals surface area contributed by atoms with E-state index in [-0.39, 0.29) is 24.0 Å². The van der Waals surface area contributed by atoms with Gasteiger partial charge in [-0.2, -0.15) is 0 Å². The van der Waals surface area contributed by atoms with Crippen LogP contribution in [0.2, 0.25) is 0 Å². The Kier molecular flexibility index (Phi) is 10.2. The molecular weight excluding hydrogens is 403 g/mol. The van der Waals surface area contributed by atoms with Gasteiger partial charge < -0.3 is 15.2 Å². The molecule has 0 unspecified atom stereocenters. The molecular formula is C16H31IN6. The van der Waals surface area contributed by atoms with Gasteiger partial charge in [0.1, 0.15) is 12.2 Å². The van der Waals surface area contributed by atoms with Gasteiger partial charge in [0.25, 0.3) is 0 Å². The number of aryl methyl sites for hydroxylation is 1. The summed E-state index contributed by atoms with van der Waals surface area (Å²) in [6.45, 7) is 4.79. The Morgan fingerprint density at radius 1 is 1.30 bits per heavy atom. The first kappa shape index (κ1) is 20.2. The van der Waals surface area contributed by atoms with Crippen LogP contribution in [-0.4, -0.2) is 40.9 Å². The summed E-state index contributed by atoms with van der Waals surface area (Å²) in [5.74, 6) is 2.89. The SMILES string of the molecule is CCc1nncn1CCNC(=NC)NCCCC1CCCC1.I. The van der Waals surface area contributed by atoms with Crippen LogP contribution in [0.25, 0.3) is 0 Å². The van der Waals surface area contributed by atoms with Crippen molar-refractivity contribution in [1.29, 1.82) is 0 Å². The Morgan fingerprint density at radius 3 is 2.74 bits per heavy atom. The van der Waals surface area contributed by atoms with Crippen LogP contribution in [0.4, 0.5) is 0 Å². The number of aliphatic imine (C=N–C) groups is 1. The lowest BCUT2D eigenvalue weighted by molar-refractivity contribution is 0.481. The molecule has 6 nitrogen and oxygen atoms in total. The molecule has 0 atom stereocenters. The highest BCUT2D eigenvalue weighted by Crippen LogP contribution is 2.28. The second-order valence-corrected chi connectivity index (χ2v) is 6.01. The fraction of sp³-hybridized carbons (Fsp3) is 0.812. The van der Waals surface area contributed by atoms with Gasteiger partial charge in [-0.1, -0.05) is 32.6 Å². The number of hydrogen-bond acceptors (Lipinski definition) is 3. The van der Waals surface area contributed by atoms with E-state index in [4.69, 9.17) is 0 Å². The molecule has 0 bridgehead atoms. The first-order valence-corrected chi connectivity index (χ1v) is 8.64. The van der Waals surface area contributed by atoms with Crippen LogP contribution in [0.15, 0.2) is 11.3 Å². The highest BCUT2D eigenvalue weighted by molar-refractivity contribution is 14.0. The van der Waals surface area contributed by atoms with Crippen LogP contribution in [0.5, 0.6) is 0 Å². The standard InChI is InChI=1S/C16H30N6.HI/c1-3-15-21-20-13-22(15)12-11-19-16(17-2)18-10-6-9-14-7-4-5-8-14;/h13-14H,3-12H2,1-2H3,(H2,17,18,19);1H. The van der Waals surface area contributed by atoms with E-state index in [1.54, 1.807) is 6.33 Å². The van der Waals surface area contributed by atoms with Crippen LogP contribution in [0.1, 0.15) is 51.3 Å². The molecule has 2 N–H and O–H groups in total. The number of aromatic nitrogens is 3. The maximum absolute atomic E-state index is 4.27. The van der Waals surface area contributed by atoms with Gasteiger partial charge in [0.2, 0.25) is 0 Å². The predicted molar refractivity (Wildman–Crippen MR) is 105 cm³/mol. The Labute approximate surface area is 157 Å². The van der Waals surface area contributed by atoms with Gasteiger partial charge in [0.05, 0.1) is 0 Å². The number of guanidine groups is 1. The van der Waals surface area contributed by atoms with Crippen LogP contribution in [0, 0.1) is 5.92 Å². The van der Waals surface area contributed by atoms with Crippen molar-refractivity contribution in [2.24, 2.45) is 10.9 Å². The van der Waals surface area contributed by atoms with Gasteiger partial charge in [-0.3, -0.25) is 4.99 Å². The molecule has 1 aliphatic rings. The van der Waals surface area contributed by atoms with Crippen molar-refractivity contribution in [2.75, 3.05) is 20.1 Å². The van der Waals surface area contributed by atoms with Crippen molar-refractivity contribution in [3.63, 3.8) is 0 Å². The fourth-order valence-electron chi connectivity index (χ4n) is 3.15. The highest BCUT2D eigenvalue weighted by Gasteiger charge is 2.13. The second-order valence-electron chi connectivity index (χ2n) is 6.01. The molecule has 23 heavy (non-hydrogen) atoms. The minimum atomic E-state index is 0. The summed E-state index contributed by atoms with van der Waals surface area (Å²) in [5.41, 5.74) is 0. The molecule has 1 aromatic heterocycles. The number of nitrogens with one attached hydrogen (secondary N) is 2. The third-order valence-corrected chi connectivity index (χ3v) is 4.44. The molecule has 1 fully saturated rings. The topological polar surface area (TPSA) is 67.1 Å². The van der Waals surface area contributed by atoms with Crippen LogP contribution in [-0.2, 0) is 13.0 Å². The molecule has 0 aromatic carbocycles. The highest BCUT2D eigenvalue weighted by atomic mass is 127. The van der Waals surface area contributed by atoms with Gasteiger partial charge >= 0.3 is 0 Å². The van der Waals surface area contributed by atoms with E-state index in [1.165, 1.54) is 38.5 Å². The maximum atomic E-state index is 4.27. The van der Waals surface area contributed by atoms with E-state index in [0.717, 1.165) is 43.8 Å². The van der Waals surface area contributed by atoms with Gasteiger partial charge in [-0.05, 0) is 18.8 Å². The second kappa shape index (κ2) is 11.6. The van der Waals surface area contributed by atoms with Crippen molar-refractivity contribution in [1.82, 2.24) is 25.4 Å². The van der Waals surface area contributed by atoms with Gasteiger partial charge in [-0.25, -0.2) is 0 Å². The van der Waals surface area contributed by atoms with E-state index in [9.17, 15) is 0 Å². The van der Waals surface area contributed by atoms with Crippen LogP contribution < -0.4 is 10.6 Å². The lowest BCUT2D eigenvalue weighted by Crippen LogP contribution is -2.39. The maximum Gasteiger partial charge on any atom is 0.191 e. The lowest BCUT2D eigenvalue weighted by Gasteiger charge is -2.13. The molecule has 0 spiro atoms. The fourth-order valence-corrected chi connectivity index (χ4v) is 3.15. The first-order valence-electron chi connectivity index (χ1n) is 8.64. The third-order valence-electron chi connectivity index (χ3n) is 4.44. The Balaban J connectivity index is 0.00000264. The molecule has 2 rings (SSSR count). The summed E-state index contributed by atoms with van der Waals surface area (Å²) in [6, 6.07) is 0. The number of nitrogens with zero attached hydrogens (tertiary/aromatic N) is 4. The molecule has 1 saturated carbocycles. The number of halogens is 1. The molecule has 0 amide bonds. The van der Waals surface area contributed by atoms with Crippen molar-refractivity contribution < 1.29 is 0 Å². The molecule has 1 heterocycles. The Bertz CT molecular complexity index is 453. The lowest BCUT2D eigenvalue weighted by atomic mass is 10.0. The monoisotopic (exact) mass is 434 g/mol. The molecule has 7 heteroatoms. The Hall–Kier alpha value is -0.860. The molecule has 1 aromatic rings. The minimum absolute atomic E-state index is 0. The average Bonchev–Trinajstić information content (AvgIpc) is 3.20. The van der Waals surface area contributed by atoms with Gasteiger partial charge in [0, 0.05) is 33.1 Å². The Morgan fingerprint density at radius 2 is 2.04 bits per heavy atom. The molecule has 1 aliphatic carbocycles. The summed E-state index contributed by atoms with van der Waals surface area (Å²) >= 11 is 0. The number of hydrogen-bond donors (Lipinski definition) is 2. The summed E-state index contributed by atoms with van der Waals surface area (Å²) in [5, 5.41) is 14.8. The van der Waals surface area contributed by atoms with E-state index < -0.39 is 0 Å². The van der Waals surface area contributed by atoms with Crippen molar-refractivity contribution in [3.05, 3.63) is 12.2 Å². The largest absolute Gasteiger partial charge is 0.356 e. The first-order chi connectivity index (χ1) is 10.8. The molecule has 0 radical (unpaired) electrons. The van der Waals surface area contributed by atoms with E-state index >= 15 is 0 Å². The summed E-state index contributed by atoms with van der Waals surface area (Å²) in [7, 11) is 1.82. The molecule has 0 saturated heterocycles. The molecule has 132 valence electrons.